The number of likely N-dealkylation sites (tertiary alicyclic amines) is 1. The van der Waals surface area contributed by atoms with E-state index in [1.165, 1.54) is 4.90 Å². The molecule has 2 rings (SSSR count). The van der Waals surface area contributed by atoms with E-state index in [1.54, 1.807) is 0 Å². The van der Waals surface area contributed by atoms with Crippen LogP contribution in [0.2, 0.25) is 0 Å². The highest BCUT2D eigenvalue weighted by atomic mass is 16.2. The third kappa shape index (κ3) is 2.18. The largest absolute Gasteiger partial charge is 0.315 e. The molecule has 2 fully saturated rings. The molecule has 1 heterocycles. The van der Waals surface area contributed by atoms with Gasteiger partial charge in [0, 0.05) is 12.6 Å². The lowest BCUT2D eigenvalue weighted by Crippen LogP contribution is -2.46. The maximum absolute atomic E-state index is 12.2. The van der Waals surface area contributed by atoms with Gasteiger partial charge >= 0.3 is 0 Å². The number of imide groups is 1. The van der Waals surface area contributed by atoms with Crippen molar-refractivity contribution in [3.05, 3.63) is 0 Å². The normalized spacial score (nSPS) is 30.7. The van der Waals surface area contributed by atoms with Crippen molar-refractivity contribution >= 4 is 11.8 Å². The Morgan fingerprint density at radius 2 is 1.83 bits per heavy atom. The number of carbonyl (C=O) groups excluding carboxylic acids is 2. The fourth-order valence-corrected chi connectivity index (χ4v) is 3.28. The lowest BCUT2D eigenvalue weighted by atomic mass is 9.99. The average Bonchev–Trinajstić information content (AvgIpc) is 2.93. The monoisotopic (exact) mass is 252 g/mol. The van der Waals surface area contributed by atoms with Crippen molar-refractivity contribution in [2.75, 3.05) is 13.6 Å². The van der Waals surface area contributed by atoms with Crippen molar-refractivity contribution in [2.45, 2.75) is 45.6 Å². The molecule has 4 nitrogen and oxygen atoms in total. The van der Waals surface area contributed by atoms with Crippen LogP contribution in [0, 0.1) is 17.8 Å². The molecule has 0 radical (unpaired) electrons. The Hall–Kier alpha value is -0.900. The van der Waals surface area contributed by atoms with Gasteiger partial charge in [-0.1, -0.05) is 26.7 Å². The second-order valence-electron chi connectivity index (χ2n) is 5.71. The number of likely N-dealkylation sites (N-methyl/N-ethyl adjacent to an activating group) is 1. The maximum atomic E-state index is 12.2. The van der Waals surface area contributed by atoms with Gasteiger partial charge in [-0.25, -0.2) is 0 Å². The van der Waals surface area contributed by atoms with E-state index in [9.17, 15) is 9.59 Å². The summed E-state index contributed by atoms with van der Waals surface area (Å²) < 4.78 is 0. The summed E-state index contributed by atoms with van der Waals surface area (Å²) in [4.78, 5) is 26.0. The predicted octanol–water partition coefficient (Wildman–Crippen LogP) is 1.41. The summed E-state index contributed by atoms with van der Waals surface area (Å²) >= 11 is 0. The molecular weight excluding hydrogens is 228 g/mol. The SMILES string of the molecule is CCC(C)C(CN1C(=O)C2CCCC2C1=O)NC. The molecule has 4 unspecified atom stereocenters. The van der Waals surface area contributed by atoms with Gasteiger partial charge in [0.2, 0.25) is 11.8 Å². The minimum absolute atomic E-state index is 0.00746. The van der Waals surface area contributed by atoms with Gasteiger partial charge in [0.05, 0.1) is 11.8 Å². The van der Waals surface area contributed by atoms with E-state index < -0.39 is 0 Å². The number of nitrogens with one attached hydrogen (secondary N) is 1. The molecule has 0 spiro atoms. The third-order valence-corrected chi connectivity index (χ3v) is 4.76. The molecule has 4 heteroatoms. The third-order valence-electron chi connectivity index (χ3n) is 4.76. The Morgan fingerprint density at radius 1 is 1.28 bits per heavy atom. The van der Waals surface area contributed by atoms with Crippen LogP contribution in [0.4, 0.5) is 0 Å². The van der Waals surface area contributed by atoms with Crippen molar-refractivity contribution in [2.24, 2.45) is 17.8 Å². The second-order valence-corrected chi connectivity index (χ2v) is 5.71. The first kappa shape index (κ1) is 13.5. The number of hydrogen-bond donors (Lipinski definition) is 1. The van der Waals surface area contributed by atoms with E-state index in [0.29, 0.717) is 12.5 Å². The maximum Gasteiger partial charge on any atom is 0.233 e. The summed E-state index contributed by atoms with van der Waals surface area (Å²) in [5.74, 6) is 0.604. The molecule has 1 aliphatic heterocycles. The molecule has 0 aromatic heterocycles. The number of hydrogen-bond acceptors (Lipinski definition) is 3. The van der Waals surface area contributed by atoms with Crippen LogP contribution in [0.25, 0.3) is 0 Å². The Balaban J connectivity index is 2.05. The molecule has 2 aliphatic rings. The van der Waals surface area contributed by atoms with Crippen molar-refractivity contribution in [1.82, 2.24) is 10.2 Å². The molecule has 0 bridgehead atoms. The van der Waals surface area contributed by atoms with E-state index in [4.69, 9.17) is 0 Å². The van der Waals surface area contributed by atoms with Crippen molar-refractivity contribution in [3.8, 4) is 0 Å². The van der Waals surface area contributed by atoms with Crippen LogP contribution >= 0.6 is 0 Å². The fourth-order valence-electron chi connectivity index (χ4n) is 3.28. The molecule has 102 valence electrons. The van der Waals surface area contributed by atoms with Gasteiger partial charge < -0.3 is 5.32 Å². The Labute approximate surface area is 109 Å². The topological polar surface area (TPSA) is 49.4 Å². The first-order valence-electron chi connectivity index (χ1n) is 7.12. The summed E-state index contributed by atoms with van der Waals surface area (Å²) in [5.41, 5.74) is 0. The first-order chi connectivity index (χ1) is 8.60. The van der Waals surface area contributed by atoms with E-state index in [1.807, 2.05) is 7.05 Å². The Kier molecular flexibility index (Phi) is 4.05. The van der Waals surface area contributed by atoms with Crippen LogP contribution in [-0.4, -0.2) is 36.3 Å². The van der Waals surface area contributed by atoms with Crippen molar-refractivity contribution < 1.29 is 9.59 Å². The van der Waals surface area contributed by atoms with Crippen LogP contribution < -0.4 is 5.32 Å². The number of rotatable bonds is 5. The van der Waals surface area contributed by atoms with Gasteiger partial charge in [0.1, 0.15) is 0 Å². The molecular formula is C14H24N2O2. The summed E-state index contributed by atoms with van der Waals surface area (Å²) in [6.07, 6.45) is 3.88. The van der Waals surface area contributed by atoms with Crippen LogP contribution in [0.15, 0.2) is 0 Å². The molecule has 2 amide bonds. The average molecular weight is 252 g/mol. The molecule has 0 aromatic carbocycles. The van der Waals surface area contributed by atoms with E-state index in [-0.39, 0.29) is 29.7 Å². The van der Waals surface area contributed by atoms with E-state index >= 15 is 0 Å². The van der Waals surface area contributed by atoms with Crippen molar-refractivity contribution in [1.29, 1.82) is 0 Å². The highest BCUT2D eigenvalue weighted by Crippen LogP contribution is 2.39. The minimum atomic E-state index is -0.00746. The quantitative estimate of drug-likeness (QED) is 0.753. The van der Waals surface area contributed by atoms with E-state index in [2.05, 4.69) is 19.2 Å². The van der Waals surface area contributed by atoms with E-state index in [0.717, 1.165) is 25.7 Å². The summed E-state index contributed by atoms with van der Waals surface area (Å²) in [7, 11) is 1.91. The molecule has 18 heavy (non-hydrogen) atoms. The molecule has 4 atom stereocenters. The molecule has 1 saturated carbocycles. The zero-order valence-corrected chi connectivity index (χ0v) is 11.6. The molecule has 0 aromatic rings. The number of fused-ring (bicyclic) bond motifs is 1. The standard InChI is InChI=1S/C14H24N2O2/c1-4-9(2)12(15-3)8-16-13(17)10-6-5-7-11(10)14(16)18/h9-12,15H,4-8H2,1-3H3. The van der Waals surface area contributed by atoms with Gasteiger partial charge in [0.25, 0.3) is 0 Å². The molecule has 1 N–H and O–H groups in total. The first-order valence-corrected chi connectivity index (χ1v) is 7.12. The minimum Gasteiger partial charge on any atom is -0.315 e. The van der Waals surface area contributed by atoms with Crippen molar-refractivity contribution in [3.63, 3.8) is 0 Å². The molecule has 1 saturated heterocycles. The zero-order chi connectivity index (χ0) is 13.3. The smallest absolute Gasteiger partial charge is 0.233 e. The van der Waals surface area contributed by atoms with Crippen LogP contribution in [-0.2, 0) is 9.59 Å². The van der Waals surface area contributed by atoms with Crippen LogP contribution in [0.3, 0.4) is 0 Å². The number of carbonyl (C=O) groups is 2. The van der Waals surface area contributed by atoms with Gasteiger partial charge in [-0.05, 0) is 25.8 Å². The molecule has 1 aliphatic carbocycles. The van der Waals surface area contributed by atoms with Gasteiger partial charge in [0.15, 0.2) is 0 Å². The lowest BCUT2D eigenvalue weighted by molar-refractivity contribution is -0.140. The zero-order valence-electron chi connectivity index (χ0n) is 11.6. The summed E-state index contributed by atoms with van der Waals surface area (Å²) in [5, 5.41) is 3.24. The highest BCUT2D eigenvalue weighted by Gasteiger charge is 2.49. The Bertz CT molecular complexity index is 321. The summed E-state index contributed by atoms with van der Waals surface area (Å²) in [6, 6.07) is 0.210. The second kappa shape index (κ2) is 5.39. The van der Waals surface area contributed by atoms with Crippen LogP contribution in [0.1, 0.15) is 39.5 Å². The number of amides is 2. The predicted molar refractivity (Wildman–Crippen MR) is 69.9 cm³/mol. The fraction of sp³-hybridized carbons (Fsp3) is 0.857. The van der Waals surface area contributed by atoms with Gasteiger partial charge in [-0.15, -0.1) is 0 Å². The number of nitrogens with zero attached hydrogens (tertiary/aromatic N) is 1. The lowest BCUT2D eigenvalue weighted by Gasteiger charge is -2.27. The summed E-state index contributed by atoms with van der Waals surface area (Å²) in [6.45, 7) is 4.83. The highest BCUT2D eigenvalue weighted by molar-refractivity contribution is 6.05. The van der Waals surface area contributed by atoms with Crippen LogP contribution in [0.5, 0.6) is 0 Å². The Morgan fingerprint density at radius 3 is 2.28 bits per heavy atom. The van der Waals surface area contributed by atoms with Gasteiger partial charge in [-0.3, -0.25) is 14.5 Å². The van der Waals surface area contributed by atoms with Gasteiger partial charge in [-0.2, -0.15) is 0 Å².